The van der Waals surface area contributed by atoms with Crippen LogP contribution in [0, 0.1) is 0 Å². The Hall–Kier alpha value is -3.02. The summed E-state index contributed by atoms with van der Waals surface area (Å²) >= 11 is 0. The van der Waals surface area contributed by atoms with Crippen molar-refractivity contribution in [2.24, 2.45) is 12.8 Å². The second-order valence-corrected chi connectivity index (χ2v) is 4.69. The number of pyridine rings is 1. The predicted octanol–water partition coefficient (Wildman–Crippen LogP) is 2.05. The van der Waals surface area contributed by atoms with Crippen molar-refractivity contribution in [1.82, 2.24) is 9.55 Å². The average Bonchev–Trinajstić information content (AvgIpc) is 2.76. The van der Waals surface area contributed by atoms with Crippen LogP contribution in [0.4, 0.5) is 5.82 Å². The monoisotopic (exact) mass is 282 g/mol. The van der Waals surface area contributed by atoms with E-state index in [1.54, 1.807) is 36.0 Å². The van der Waals surface area contributed by atoms with E-state index in [0.29, 0.717) is 23.0 Å². The Morgan fingerprint density at radius 2 is 1.95 bits per heavy atom. The highest BCUT2D eigenvalue weighted by Gasteiger charge is 2.11. The lowest BCUT2D eigenvalue weighted by molar-refractivity contribution is 0.0993. The number of rotatable bonds is 3. The number of nitrogens with zero attached hydrogens (tertiary/aromatic N) is 2. The second-order valence-electron chi connectivity index (χ2n) is 4.69. The molecule has 2 heterocycles. The largest absolute Gasteiger partial charge is 0.457 e. The second kappa shape index (κ2) is 4.82. The SMILES string of the molecule is Cn1c(C(N)=O)cc2cc(Oc3ccnc(N)c3)ccc21. The molecule has 0 radical (unpaired) electrons. The van der Waals surface area contributed by atoms with E-state index in [2.05, 4.69) is 4.98 Å². The Balaban J connectivity index is 1.99. The lowest BCUT2D eigenvalue weighted by atomic mass is 10.2. The fraction of sp³-hybridized carbons (Fsp3) is 0.0667. The molecule has 6 nitrogen and oxygen atoms in total. The van der Waals surface area contributed by atoms with Crippen LogP contribution in [0.3, 0.4) is 0 Å². The molecular formula is C15H14N4O2. The van der Waals surface area contributed by atoms with Crippen LogP contribution in [-0.2, 0) is 7.05 Å². The molecule has 3 rings (SSSR count). The minimum absolute atomic E-state index is 0.393. The molecule has 2 aromatic heterocycles. The fourth-order valence-electron chi connectivity index (χ4n) is 2.25. The smallest absolute Gasteiger partial charge is 0.265 e. The number of anilines is 1. The molecule has 0 aliphatic carbocycles. The van der Waals surface area contributed by atoms with Gasteiger partial charge in [-0.2, -0.15) is 0 Å². The third kappa shape index (κ3) is 2.38. The first-order chi connectivity index (χ1) is 10.0. The van der Waals surface area contributed by atoms with Gasteiger partial charge in [0.05, 0.1) is 0 Å². The maximum Gasteiger partial charge on any atom is 0.265 e. The van der Waals surface area contributed by atoms with Gasteiger partial charge in [-0.05, 0) is 30.3 Å². The van der Waals surface area contributed by atoms with E-state index in [1.807, 2.05) is 18.2 Å². The molecule has 0 aliphatic rings. The zero-order valence-electron chi connectivity index (χ0n) is 11.4. The Bertz CT molecular complexity index is 839. The number of hydrogen-bond acceptors (Lipinski definition) is 4. The molecule has 0 bridgehead atoms. The van der Waals surface area contributed by atoms with Gasteiger partial charge in [0.1, 0.15) is 23.0 Å². The zero-order chi connectivity index (χ0) is 15.0. The third-order valence-corrected chi connectivity index (χ3v) is 3.25. The molecular weight excluding hydrogens is 268 g/mol. The highest BCUT2D eigenvalue weighted by atomic mass is 16.5. The number of nitrogen functional groups attached to an aromatic ring is 1. The summed E-state index contributed by atoms with van der Waals surface area (Å²) in [5.41, 5.74) is 12.3. The summed E-state index contributed by atoms with van der Waals surface area (Å²) in [5, 5.41) is 0.880. The van der Waals surface area contributed by atoms with E-state index in [4.69, 9.17) is 16.2 Å². The molecule has 21 heavy (non-hydrogen) atoms. The van der Waals surface area contributed by atoms with Gasteiger partial charge in [-0.1, -0.05) is 0 Å². The molecule has 3 aromatic rings. The first-order valence-corrected chi connectivity index (χ1v) is 6.33. The number of ether oxygens (including phenoxy) is 1. The number of hydrogen-bond donors (Lipinski definition) is 2. The van der Waals surface area contributed by atoms with Crippen molar-refractivity contribution in [2.45, 2.75) is 0 Å². The van der Waals surface area contributed by atoms with E-state index in [-0.39, 0.29) is 0 Å². The molecule has 0 fully saturated rings. The number of aromatic nitrogens is 2. The van der Waals surface area contributed by atoms with Gasteiger partial charge in [0.15, 0.2) is 0 Å². The van der Waals surface area contributed by atoms with E-state index < -0.39 is 5.91 Å². The maximum absolute atomic E-state index is 11.4. The van der Waals surface area contributed by atoms with Crippen LogP contribution in [0.15, 0.2) is 42.6 Å². The molecule has 1 aromatic carbocycles. The molecule has 0 atom stereocenters. The van der Waals surface area contributed by atoms with Gasteiger partial charge < -0.3 is 20.8 Å². The van der Waals surface area contributed by atoms with Crippen molar-refractivity contribution in [1.29, 1.82) is 0 Å². The van der Waals surface area contributed by atoms with Crippen molar-refractivity contribution in [2.75, 3.05) is 5.73 Å². The average molecular weight is 282 g/mol. The number of benzene rings is 1. The molecule has 0 spiro atoms. The van der Waals surface area contributed by atoms with Gasteiger partial charge in [0, 0.05) is 30.2 Å². The normalized spacial score (nSPS) is 10.7. The van der Waals surface area contributed by atoms with Crippen LogP contribution in [0.25, 0.3) is 10.9 Å². The van der Waals surface area contributed by atoms with Crippen molar-refractivity contribution < 1.29 is 9.53 Å². The van der Waals surface area contributed by atoms with Gasteiger partial charge >= 0.3 is 0 Å². The number of fused-ring (bicyclic) bond motifs is 1. The fourth-order valence-corrected chi connectivity index (χ4v) is 2.25. The quantitative estimate of drug-likeness (QED) is 0.768. The Labute approximate surface area is 120 Å². The summed E-state index contributed by atoms with van der Waals surface area (Å²) in [5.74, 6) is 1.19. The summed E-state index contributed by atoms with van der Waals surface area (Å²) in [4.78, 5) is 15.3. The molecule has 0 unspecified atom stereocenters. The molecule has 6 heteroatoms. The molecule has 0 saturated heterocycles. The molecule has 0 saturated carbocycles. The van der Waals surface area contributed by atoms with Gasteiger partial charge in [-0.15, -0.1) is 0 Å². The minimum Gasteiger partial charge on any atom is -0.457 e. The van der Waals surface area contributed by atoms with E-state index in [0.717, 1.165) is 10.9 Å². The van der Waals surface area contributed by atoms with Crippen molar-refractivity contribution in [3.63, 3.8) is 0 Å². The van der Waals surface area contributed by atoms with Gasteiger partial charge in [0.25, 0.3) is 5.91 Å². The van der Waals surface area contributed by atoms with Crippen LogP contribution >= 0.6 is 0 Å². The zero-order valence-corrected chi connectivity index (χ0v) is 11.4. The van der Waals surface area contributed by atoms with Gasteiger partial charge in [-0.25, -0.2) is 4.98 Å². The number of carbonyl (C=O) groups excluding carboxylic acids is 1. The first-order valence-electron chi connectivity index (χ1n) is 6.33. The Morgan fingerprint density at radius 1 is 1.19 bits per heavy atom. The van der Waals surface area contributed by atoms with Gasteiger partial charge in [-0.3, -0.25) is 4.79 Å². The van der Waals surface area contributed by atoms with Crippen molar-refractivity contribution in [3.05, 3.63) is 48.3 Å². The molecule has 1 amide bonds. The van der Waals surface area contributed by atoms with Crippen molar-refractivity contribution >= 4 is 22.6 Å². The summed E-state index contributed by atoms with van der Waals surface area (Å²) in [6.45, 7) is 0. The number of aryl methyl sites for hydroxylation is 1. The van der Waals surface area contributed by atoms with Gasteiger partial charge in [0.2, 0.25) is 0 Å². The van der Waals surface area contributed by atoms with Crippen LogP contribution in [0.1, 0.15) is 10.5 Å². The summed E-state index contributed by atoms with van der Waals surface area (Å²) in [7, 11) is 1.80. The molecule has 0 aliphatic heterocycles. The third-order valence-electron chi connectivity index (χ3n) is 3.25. The molecule has 106 valence electrons. The highest BCUT2D eigenvalue weighted by molar-refractivity contribution is 5.98. The number of primary amides is 1. The summed E-state index contributed by atoms with van der Waals surface area (Å²) in [6, 6.07) is 10.7. The van der Waals surface area contributed by atoms with Crippen LogP contribution in [0.2, 0.25) is 0 Å². The van der Waals surface area contributed by atoms with E-state index in [1.165, 1.54) is 0 Å². The van der Waals surface area contributed by atoms with Crippen LogP contribution in [-0.4, -0.2) is 15.5 Å². The topological polar surface area (TPSA) is 96.2 Å². The number of amides is 1. The van der Waals surface area contributed by atoms with Crippen molar-refractivity contribution in [3.8, 4) is 11.5 Å². The highest BCUT2D eigenvalue weighted by Crippen LogP contribution is 2.27. The summed E-state index contributed by atoms with van der Waals surface area (Å²) < 4.78 is 7.49. The maximum atomic E-state index is 11.4. The number of nitrogens with two attached hydrogens (primary N) is 2. The predicted molar refractivity (Wildman–Crippen MR) is 80.2 cm³/mol. The standard InChI is InChI=1S/C15H14N4O2/c1-19-12-3-2-10(6-9(12)7-13(19)15(17)20)21-11-4-5-18-14(16)8-11/h2-8H,1H3,(H2,16,18)(H2,17,20). The van der Waals surface area contributed by atoms with Crippen LogP contribution < -0.4 is 16.2 Å². The van der Waals surface area contributed by atoms with E-state index in [9.17, 15) is 4.79 Å². The first kappa shape index (κ1) is 13.0. The minimum atomic E-state index is -0.460. The van der Waals surface area contributed by atoms with E-state index >= 15 is 0 Å². The lowest BCUT2D eigenvalue weighted by Gasteiger charge is -2.06. The molecule has 4 N–H and O–H groups in total. The summed E-state index contributed by atoms with van der Waals surface area (Å²) in [6.07, 6.45) is 1.58. The lowest BCUT2D eigenvalue weighted by Crippen LogP contribution is -2.14. The van der Waals surface area contributed by atoms with Crippen LogP contribution in [0.5, 0.6) is 11.5 Å². The Kier molecular flexibility index (Phi) is 2.98. The number of carbonyl (C=O) groups is 1. The Morgan fingerprint density at radius 3 is 2.67 bits per heavy atom.